The van der Waals surface area contributed by atoms with Crippen LogP contribution in [-0.4, -0.2) is 26.9 Å². The molecule has 0 aliphatic carbocycles. The normalized spacial score (nSPS) is 11.3. The number of hydrogen-bond donors (Lipinski definition) is 2. The van der Waals surface area contributed by atoms with Gasteiger partial charge in [0.15, 0.2) is 4.90 Å². The lowest BCUT2D eigenvalue weighted by molar-refractivity contribution is -0.387. The molecule has 0 fully saturated rings. The zero-order valence-electron chi connectivity index (χ0n) is 10.8. The van der Waals surface area contributed by atoms with Crippen LogP contribution in [0, 0.1) is 10.1 Å². The predicted octanol–water partition coefficient (Wildman–Crippen LogP) is 1.71. The topological polar surface area (TPSA) is 101 Å². The van der Waals surface area contributed by atoms with Gasteiger partial charge in [0.05, 0.1) is 4.92 Å². The first-order valence-corrected chi connectivity index (χ1v) is 7.36. The quantitative estimate of drug-likeness (QED) is 0.451. The molecule has 0 radical (unpaired) electrons. The molecule has 0 saturated heterocycles. The van der Waals surface area contributed by atoms with E-state index in [1.165, 1.54) is 18.2 Å². The van der Waals surface area contributed by atoms with E-state index >= 15 is 0 Å². The third-order valence-corrected chi connectivity index (χ3v) is 4.05. The Morgan fingerprint density at radius 2 is 2.05 bits per heavy atom. The molecule has 7 nitrogen and oxygen atoms in total. The molecule has 0 aliphatic heterocycles. The molecule has 0 amide bonds. The smallest absolute Gasteiger partial charge is 0.289 e. The number of rotatable bonds is 7. The van der Waals surface area contributed by atoms with E-state index in [-0.39, 0.29) is 11.4 Å². The molecule has 1 aromatic carbocycles. The number of sulfonamides is 1. The predicted molar refractivity (Wildman–Crippen MR) is 72.7 cm³/mol. The molecular formula is C11H17N3O4S. The first kappa shape index (κ1) is 15.4. The molecule has 8 heteroatoms. The van der Waals surface area contributed by atoms with Crippen LogP contribution in [-0.2, 0) is 10.0 Å². The van der Waals surface area contributed by atoms with Crippen molar-refractivity contribution in [1.29, 1.82) is 0 Å². The highest BCUT2D eigenvalue weighted by Crippen LogP contribution is 2.26. The van der Waals surface area contributed by atoms with Crippen LogP contribution in [0.25, 0.3) is 0 Å². The van der Waals surface area contributed by atoms with Crippen molar-refractivity contribution in [3.63, 3.8) is 0 Å². The van der Waals surface area contributed by atoms with E-state index in [1.807, 2.05) is 6.92 Å². The van der Waals surface area contributed by atoms with Gasteiger partial charge in [-0.3, -0.25) is 10.1 Å². The number of nitro groups is 1. The summed E-state index contributed by atoms with van der Waals surface area (Å²) in [6, 6.07) is 3.90. The lowest BCUT2D eigenvalue weighted by atomic mass is 10.3. The average molecular weight is 287 g/mol. The van der Waals surface area contributed by atoms with Gasteiger partial charge in [-0.25, -0.2) is 13.1 Å². The number of nitrogens with one attached hydrogen (secondary N) is 2. The minimum absolute atomic E-state index is 0.264. The van der Waals surface area contributed by atoms with Gasteiger partial charge in [-0.1, -0.05) is 13.3 Å². The van der Waals surface area contributed by atoms with Gasteiger partial charge in [-0.2, -0.15) is 0 Å². The number of unbranched alkanes of at least 4 members (excludes halogenated alkanes) is 1. The van der Waals surface area contributed by atoms with Gasteiger partial charge in [-0.05, 0) is 18.6 Å². The second kappa shape index (κ2) is 6.48. The van der Waals surface area contributed by atoms with E-state index in [1.54, 1.807) is 7.05 Å². The molecule has 0 aromatic heterocycles. The van der Waals surface area contributed by atoms with Crippen LogP contribution < -0.4 is 10.0 Å². The molecule has 0 aliphatic rings. The summed E-state index contributed by atoms with van der Waals surface area (Å²) in [4.78, 5) is 9.87. The van der Waals surface area contributed by atoms with E-state index in [2.05, 4.69) is 10.0 Å². The van der Waals surface area contributed by atoms with E-state index < -0.39 is 20.6 Å². The summed E-state index contributed by atoms with van der Waals surface area (Å²) in [5.41, 5.74) is 0.0736. The summed E-state index contributed by atoms with van der Waals surface area (Å²) in [5, 5.41) is 13.6. The first-order valence-electron chi connectivity index (χ1n) is 5.88. The molecule has 0 heterocycles. The Morgan fingerprint density at radius 3 is 2.58 bits per heavy atom. The largest absolute Gasteiger partial charge is 0.388 e. The molecule has 0 bridgehead atoms. The molecule has 1 rings (SSSR count). The molecule has 0 saturated carbocycles. The Labute approximate surface area is 112 Å². The molecule has 1 aromatic rings. The van der Waals surface area contributed by atoms with E-state index in [0.29, 0.717) is 12.1 Å². The Bertz CT molecular complexity index is 557. The SMILES string of the molecule is CCCCNS(=O)(=O)c1cc(NC)ccc1[N+](=O)[O-]. The zero-order valence-corrected chi connectivity index (χ0v) is 11.7. The Balaban J connectivity index is 3.18. The zero-order chi connectivity index (χ0) is 14.5. The van der Waals surface area contributed by atoms with Crippen molar-refractivity contribution in [3.8, 4) is 0 Å². The van der Waals surface area contributed by atoms with Crippen LogP contribution in [0.2, 0.25) is 0 Å². The monoisotopic (exact) mass is 287 g/mol. The van der Waals surface area contributed by atoms with Crippen molar-refractivity contribution in [2.24, 2.45) is 0 Å². The van der Waals surface area contributed by atoms with Gasteiger partial charge in [0.1, 0.15) is 0 Å². The van der Waals surface area contributed by atoms with Gasteiger partial charge in [-0.15, -0.1) is 0 Å². The molecule has 0 unspecified atom stereocenters. The summed E-state index contributed by atoms with van der Waals surface area (Å²) in [5.74, 6) is 0. The molecular weight excluding hydrogens is 270 g/mol. The third-order valence-electron chi connectivity index (χ3n) is 2.56. The highest BCUT2D eigenvalue weighted by molar-refractivity contribution is 7.89. The minimum Gasteiger partial charge on any atom is -0.388 e. The van der Waals surface area contributed by atoms with Crippen molar-refractivity contribution in [2.45, 2.75) is 24.7 Å². The molecule has 0 atom stereocenters. The van der Waals surface area contributed by atoms with Gasteiger partial charge < -0.3 is 5.32 Å². The maximum Gasteiger partial charge on any atom is 0.289 e. The number of nitro benzene ring substituents is 1. The Morgan fingerprint density at radius 1 is 1.37 bits per heavy atom. The second-order valence-corrected chi connectivity index (χ2v) is 5.68. The highest BCUT2D eigenvalue weighted by atomic mass is 32.2. The Hall–Kier alpha value is -1.67. The van der Waals surface area contributed by atoms with Gasteiger partial charge >= 0.3 is 0 Å². The first-order chi connectivity index (χ1) is 8.92. The number of anilines is 1. The van der Waals surface area contributed by atoms with Crippen LogP contribution in [0.5, 0.6) is 0 Å². The van der Waals surface area contributed by atoms with E-state index in [9.17, 15) is 18.5 Å². The molecule has 2 N–H and O–H groups in total. The fraction of sp³-hybridized carbons (Fsp3) is 0.455. The lowest BCUT2D eigenvalue weighted by Gasteiger charge is -2.08. The Kier molecular flexibility index (Phi) is 5.25. The van der Waals surface area contributed by atoms with Crippen LogP contribution in [0.3, 0.4) is 0 Å². The number of nitrogens with zero attached hydrogens (tertiary/aromatic N) is 1. The van der Waals surface area contributed by atoms with Crippen molar-refractivity contribution in [2.75, 3.05) is 18.9 Å². The molecule has 106 valence electrons. The highest BCUT2D eigenvalue weighted by Gasteiger charge is 2.25. The summed E-state index contributed by atoms with van der Waals surface area (Å²) in [6.07, 6.45) is 1.51. The average Bonchev–Trinajstić information content (AvgIpc) is 2.38. The minimum atomic E-state index is -3.87. The van der Waals surface area contributed by atoms with Crippen molar-refractivity contribution < 1.29 is 13.3 Å². The number of benzene rings is 1. The second-order valence-electron chi connectivity index (χ2n) is 3.94. The standard InChI is InChI=1S/C11H17N3O4S/c1-3-4-7-13-19(17,18)11-8-9(12-2)5-6-10(11)14(15)16/h5-6,8,12-13H,3-4,7H2,1-2H3. The maximum atomic E-state index is 12.1. The van der Waals surface area contributed by atoms with E-state index in [4.69, 9.17) is 0 Å². The van der Waals surface area contributed by atoms with Crippen molar-refractivity contribution >= 4 is 21.4 Å². The summed E-state index contributed by atoms with van der Waals surface area (Å²) in [7, 11) is -2.26. The van der Waals surface area contributed by atoms with Crippen LogP contribution >= 0.6 is 0 Å². The van der Waals surface area contributed by atoms with Gasteiger partial charge in [0.2, 0.25) is 10.0 Å². The van der Waals surface area contributed by atoms with Gasteiger partial charge in [0.25, 0.3) is 5.69 Å². The van der Waals surface area contributed by atoms with Crippen LogP contribution in [0.4, 0.5) is 11.4 Å². The fourth-order valence-corrected chi connectivity index (χ4v) is 2.77. The summed E-state index contributed by atoms with van der Waals surface area (Å²) >= 11 is 0. The van der Waals surface area contributed by atoms with E-state index in [0.717, 1.165) is 6.42 Å². The van der Waals surface area contributed by atoms with Crippen molar-refractivity contribution in [3.05, 3.63) is 28.3 Å². The van der Waals surface area contributed by atoms with Crippen molar-refractivity contribution in [1.82, 2.24) is 4.72 Å². The summed E-state index contributed by atoms with van der Waals surface area (Å²) in [6.45, 7) is 2.19. The number of hydrogen-bond acceptors (Lipinski definition) is 5. The lowest BCUT2D eigenvalue weighted by Crippen LogP contribution is -2.25. The maximum absolute atomic E-state index is 12.1. The van der Waals surface area contributed by atoms with Crippen LogP contribution in [0.1, 0.15) is 19.8 Å². The van der Waals surface area contributed by atoms with Crippen LogP contribution in [0.15, 0.2) is 23.1 Å². The third kappa shape index (κ3) is 3.90. The fourth-order valence-electron chi connectivity index (χ4n) is 1.50. The van der Waals surface area contributed by atoms with Gasteiger partial charge in [0, 0.05) is 25.3 Å². The molecule has 19 heavy (non-hydrogen) atoms. The molecule has 0 spiro atoms. The summed E-state index contributed by atoms with van der Waals surface area (Å²) < 4.78 is 26.5.